The number of carboxylic acids is 2. The van der Waals surface area contributed by atoms with Crippen LogP contribution in [0.3, 0.4) is 0 Å². The van der Waals surface area contributed by atoms with Gasteiger partial charge in [-0.25, -0.2) is 18.6 Å². The summed E-state index contributed by atoms with van der Waals surface area (Å²) in [5.41, 5.74) is 3.18. The summed E-state index contributed by atoms with van der Waals surface area (Å²) in [5.74, 6) is -1.57. The normalized spacial score (nSPS) is 13.6. The van der Waals surface area contributed by atoms with Crippen molar-refractivity contribution in [1.82, 2.24) is 24.1 Å². The van der Waals surface area contributed by atoms with Gasteiger partial charge in [0.25, 0.3) is 0 Å². The van der Waals surface area contributed by atoms with Crippen molar-refractivity contribution >= 4 is 23.0 Å². The van der Waals surface area contributed by atoms with Gasteiger partial charge in [0.2, 0.25) is 0 Å². The van der Waals surface area contributed by atoms with Crippen LogP contribution in [-0.4, -0.2) is 72.5 Å². The van der Waals surface area contributed by atoms with Gasteiger partial charge < -0.3 is 19.8 Å². The van der Waals surface area contributed by atoms with Gasteiger partial charge in [-0.1, -0.05) is 19.1 Å². The van der Waals surface area contributed by atoms with E-state index in [0.717, 1.165) is 47.7 Å². The molecule has 218 valence electrons. The number of hydrogen-bond acceptors (Lipinski definition) is 6. The van der Waals surface area contributed by atoms with Crippen LogP contribution in [0.25, 0.3) is 11.0 Å². The fourth-order valence-corrected chi connectivity index (χ4v) is 4.75. The highest BCUT2D eigenvalue weighted by molar-refractivity contribution is 5.89. The van der Waals surface area contributed by atoms with Crippen LogP contribution in [0.1, 0.15) is 57.3 Å². The lowest BCUT2D eigenvalue weighted by molar-refractivity contribution is -0.134. The Morgan fingerprint density at radius 2 is 1.51 bits per heavy atom. The third-order valence-corrected chi connectivity index (χ3v) is 7.10. The highest BCUT2D eigenvalue weighted by Gasteiger charge is 2.35. The number of aromatic nitrogens is 4. The van der Waals surface area contributed by atoms with E-state index < -0.39 is 17.5 Å². The summed E-state index contributed by atoms with van der Waals surface area (Å²) in [5, 5.41) is 25.3. The molecule has 2 N–H and O–H groups in total. The fourth-order valence-electron chi connectivity index (χ4n) is 4.75. The lowest BCUT2D eigenvalue weighted by Gasteiger charge is -2.27. The predicted octanol–water partition coefficient (Wildman–Crippen LogP) is 4.88. The molecule has 0 aromatic carbocycles. The Balaban J connectivity index is 0.000000426. The number of unbranched alkanes of at least 4 members (excludes halogenated alkanes) is 1. The molecule has 1 fully saturated rings. The van der Waals surface area contributed by atoms with E-state index >= 15 is 0 Å². The molecule has 10 heteroatoms. The van der Waals surface area contributed by atoms with Crippen LogP contribution in [0.5, 0.6) is 0 Å². The Bertz CT molecular complexity index is 1320. The molecule has 1 saturated carbocycles. The number of hydrogen-bond donors (Lipinski definition) is 2. The number of ether oxygens (including phenoxy) is 1. The molecule has 0 radical (unpaired) electrons. The average molecular weight is 562 g/mol. The molecule has 0 bridgehead atoms. The molecule has 0 atom stereocenters. The van der Waals surface area contributed by atoms with Crippen molar-refractivity contribution < 1.29 is 24.5 Å². The molecular formula is C31H39N5O5. The first-order chi connectivity index (χ1) is 19.8. The molecule has 10 nitrogen and oxygen atoms in total. The van der Waals surface area contributed by atoms with Crippen LogP contribution in [0.15, 0.2) is 73.1 Å². The number of carboxylic acid groups (broad SMARTS) is 2. The standard InChI is InChI=1S/C27H35N5O.C4H4O4/c1-3-14-30(21-22-12-13-22)15-8-9-18-33-27(2,25-19-23-10-4-6-16-31(23)28-25)26-20-24-11-5-7-17-32(24)29-26;5-3(6)1-2-4(7)8/h4-7,10-11,16-17,19-20,22H,3,8-9,12-15,18,21H2,1-2H3;1-2H,(H,5,6)(H,7,8)/b;2-1-. The van der Waals surface area contributed by atoms with Crippen molar-refractivity contribution in [3.05, 3.63) is 84.5 Å². The van der Waals surface area contributed by atoms with Crippen molar-refractivity contribution in [2.45, 2.75) is 51.6 Å². The third kappa shape index (κ3) is 8.48. The van der Waals surface area contributed by atoms with Crippen molar-refractivity contribution in [2.24, 2.45) is 5.92 Å². The van der Waals surface area contributed by atoms with E-state index in [1.165, 1.54) is 32.4 Å². The zero-order valence-corrected chi connectivity index (χ0v) is 23.7. The maximum atomic E-state index is 9.55. The molecule has 0 spiro atoms. The molecule has 0 aliphatic heterocycles. The minimum atomic E-state index is -1.26. The van der Waals surface area contributed by atoms with Gasteiger partial charge in [0, 0.05) is 37.7 Å². The maximum absolute atomic E-state index is 9.55. The number of aliphatic carboxylic acids is 2. The lowest BCUT2D eigenvalue weighted by atomic mass is 9.97. The Hall–Kier alpha value is -4.02. The Kier molecular flexibility index (Phi) is 10.3. The van der Waals surface area contributed by atoms with Crippen LogP contribution < -0.4 is 0 Å². The van der Waals surface area contributed by atoms with E-state index in [2.05, 4.69) is 43.0 Å². The van der Waals surface area contributed by atoms with Gasteiger partial charge in [-0.15, -0.1) is 0 Å². The maximum Gasteiger partial charge on any atom is 0.328 e. The summed E-state index contributed by atoms with van der Waals surface area (Å²) in [4.78, 5) is 21.7. The van der Waals surface area contributed by atoms with E-state index in [9.17, 15) is 9.59 Å². The second-order valence-electron chi connectivity index (χ2n) is 10.5. The summed E-state index contributed by atoms with van der Waals surface area (Å²) in [7, 11) is 0. The van der Waals surface area contributed by atoms with Gasteiger partial charge in [0.1, 0.15) is 11.4 Å². The highest BCUT2D eigenvalue weighted by atomic mass is 16.5. The van der Waals surface area contributed by atoms with Gasteiger partial charge in [-0.2, -0.15) is 10.2 Å². The summed E-state index contributed by atoms with van der Waals surface area (Å²) >= 11 is 0. The molecule has 4 aromatic rings. The number of nitrogens with zero attached hydrogens (tertiary/aromatic N) is 5. The monoisotopic (exact) mass is 561 g/mol. The van der Waals surface area contributed by atoms with Gasteiger partial charge in [-0.3, -0.25) is 0 Å². The minimum Gasteiger partial charge on any atom is -0.478 e. The SMILES string of the molecule is CCCN(CCCCOC(C)(c1cc2ccccn2n1)c1cc2ccccn2n1)CC1CC1.O=C(O)/C=C\C(=O)O. The van der Waals surface area contributed by atoms with Gasteiger partial charge in [0.05, 0.1) is 11.0 Å². The average Bonchev–Trinajstić information content (AvgIpc) is 3.48. The summed E-state index contributed by atoms with van der Waals surface area (Å²) < 4.78 is 10.4. The Morgan fingerprint density at radius 1 is 0.951 bits per heavy atom. The van der Waals surface area contributed by atoms with Crippen LogP contribution in [0.4, 0.5) is 0 Å². The number of fused-ring (bicyclic) bond motifs is 2. The highest BCUT2D eigenvalue weighted by Crippen LogP contribution is 2.33. The zero-order valence-electron chi connectivity index (χ0n) is 23.7. The third-order valence-electron chi connectivity index (χ3n) is 7.10. The smallest absolute Gasteiger partial charge is 0.328 e. The Labute approximate surface area is 239 Å². The van der Waals surface area contributed by atoms with Gasteiger partial charge in [-0.05, 0) is 94.4 Å². The number of pyridine rings is 2. The topological polar surface area (TPSA) is 122 Å². The number of rotatable bonds is 14. The minimum absolute atomic E-state index is 0.558. The second-order valence-corrected chi connectivity index (χ2v) is 10.5. The first-order valence-electron chi connectivity index (χ1n) is 14.2. The van der Waals surface area contributed by atoms with Crippen molar-refractivity contribution in [2.75, 3.05) is 26.2 Å². The van der Waals surface area contributed by atoms with Crippen LogP contribution in [0.2, 0.25) is 0 Å². The van der Waals surface area contributed by atoms with Gasteiger partial charge in [0.15, 0.2) is 5.60 Å². The van der Waals surface area contributed by atoms with Crippen molar-refractivity contribution in [1.29, 1.82) is 0 Å². The first-order valence-corrected chi connectivity index (χ1v) is 14.2. The van der Waals surface area contributed by atoms with Crippen LogP contribution in [0, 0.1) is 5.92 Å². The van der Waals surface area contributed by atoms with E-state index in [4.69, 9.17) is 25.1 Å². The first kappa shape index (κ1) is 30.0. The molecule has 41 heavy (non-hydrogen) atoms. The molecule has 0 unspecified atom stereocenters. The van der Waals surface area contributed by atoms with Crippen LogP contribution in [-0.2, 0) is 19.9 Å². The van der Waals surface area contributed by atoms with Gasteiger partial charge >= 0.3 is 11.9 Å². The lowest BCUT2D eigenvalue weighted by Crippen LogP contribution is -2.30. The predicted molar refractivity (Wildman–Crippen MR) is 156 cm³/mol. The molecule has 4 heterocycles. The molecule has 0 amide bonds. The van der Waals surface area contributed by atoms with E-state index in [0.29, 0.717) is 18.8 Å². The number of carbonyl (C=O) groups is 2. The molecule has 0 saturated heterocycles. The Morgan fingerprint density at radius 3 is 1.98 bits per heavy atom. The second kappa shape index (κ2) is 14.0. The molecular weight excluding hydrogens is 522 g/mol. The van der Waals surface area contributed by atoms with E-state index in [1.807, 2.05) is 45.7 Å². The van der Waals surface area contributed by atoms with Crippen molar-refractivity contribution in [3.63, 3.8) is 0 Å². The van der Waals surface area contributed by atoms with E-state index in [-0.39, 0.29) is 0 Å². The van der Waals surface area contributed by atoms with E-state index in [1.54, 1.807) is 0 Å². The van der Waals surface area contributed by atoms with Crippen molar-refractivity contribution in [3.8, 4) is 0 Å². The molecule has 1 aliphatic carbocycles. The summed E-state index contributed by atoms with van der Waals surface area (Å²) in [6, 6.07) is 16.4. The molecule has 1 aliphatic rings. The quantitative estimate of drug-likeness (QED) is 0.165. The fraction of sp³-hybridized carbons (Fsp3) is 0.419. The molecule has 4 aromatic heterocycles. The summed E-state index contributed by atoms with van der Waals surface area (Å²) in [6.45, 7) is 8.70. The zero-order chi connectivity index (χ0) is 29.2. The summed E-state index contributed by atoms with van der Waals surface area (Å²) in [6.07, 6.45) is 11.3. The molecule has 5 rings (SSSR count). The van der Waals surface area contributed by atoms with Crippen LogP contribution >= 0.6 is 0 Å². The largest absolute Gasteiger partial charge is 0.478 e.